The first-order valence-electron chi connectivity index (χ1n) is 8.14. The average molecular weight is 312 g/mol. The van der Waals surface area contributed by atoms with Crippen LogP contribution in [0, 0.1) is 0 Å². The highest BCUT2D eigenvalue weighted by atomic mass is 16.5. The summed E-state index contributed by atoms with van der Waals surface area (Å²) in [4.78, 5) is 7.02. The Kier molecular flexibility index (Phi) is 5.39. The molecule has 0 spiro atoms. The molecule has 1 fully saturated rings. The fraction of sp³-hybridized carbons (Fsp3) is 0.421. The minimum Gasteiger partial charge on any atom is -0.379 e. The van der Waals surface area contributed by atoms with Gasteiger partial charge in [-0.25, -0.2) is 0 Å². The third-order valence-corrected chi connectivity index (χ3v) is 4.36. The second-order valence-electron chi connectivity index (χ2n) is 5.94. The summed E-state index contributed by atoms with van der Waals surface area (Å²) in [5.41, 5.74) is 4.57. The van der Waals surface area contributed by atoms with Crippen molar-refractivity contribution in [1.82, 2.24) is 9.88 Å². The second kappa shape index (κ2) is 7.68. The summed E-state index contributed by atoms with van der Waals surface area (Å²) in [5.74, 6) is 0. The summed E-state index contributed by atoms with van der Waals surface area (Å²) in [7, 11) is 1.73. The number of aromatic nitrogens is 1. The predicted octanol–water partition coefficient (Wildman–Crippen LogP) is 3.29. The van der Waals surface area contributed by atoms with E-state index in [0.717, 1.165) is 44.1 Å². The van der Waals surface area contributed by atoms with Gasteiger partial charge in [0.25, 0.3) is 0 Å². The molecule has 23 heavy (non-hydrogen) atoms. The smallest absolute Gasteiger partial charge is 0.0793 e. The molecule has 0 radical (unpaired) electrons. The summed E-state index contributed by atoms with van der Waals surface area (Å²) in [6, 6.07) is 12.7. The molecule has 1 aromatic heterocycles. The lowest BCUT2D eigenvalue weighted by Gasteiger charge is -2.26. The van der Waals surface area contributed by atoms with Crippen molar-refractivity contribution in [3.8, 4) is 11.3 Å². The molecule has 0 aliphatic carbocycles. The monoisotopic (exact) mass is 312 g/mol. The molecule has 4 heteroatoms. The van der Waals surface area contributed by atoms with E-state index < -0.39 is 0 Å². The lowest BCUT2D eigenvalue weighted by Crippen LogP contribution is -2.35. The van der Waals surface area contributed by atoms with Crippen LogP contribution in [0.4, 0.5) is 0 Å². The Bertz CT molecular complexity index is 604. The number of hydrogen-bond acceptors (Lipinski definition) is 4. The normalized spacial score (nSPS) is 17.1. The molecule has 1 aliphatic heterocycles. The first kappa shape index (κ1) is 16.1. The van der Waals surface area contributed by atoms with Crippen molar-refractivity contribution in [2.24, 2.45) is 0 Å². The van der Waals surface area contributed by atoms with Crippen molar-refractivity contribution in [3.05, 3.63) is 53.7 Å². The summed E-state index contributed by atoms with van der Waals surface area (Å²) in [5, 5.41) is 0. The Morgan fingerprint density at radius 1 is 1.13 bits per heavy atom. The van der Waals surface area contributed by atoms with Gasteiger partial charge in [-0.3, -0.25) is 9.88 Å². The van der Waals surface area contributed by atoms with Crippen molar-refractivity contribution in [3.63, 3.8) is 0 Å². The standard InChI is InChI=1S/C19H24N2O2/c1-15(22-2)17-4-6-18(7-5-17)19-8-3-16(13-20-19)14-21-9-11-23-12-10-21/h3-8,13,15H,9-12,14H2,1-2H3. The molecule has 0 bridgehead atoms. The molecular weight excluding hydrogens is 288 g/mol. The molecule has 1 aliphatic rings. The van der Waals surface area contributed by atoms with Crippen LogP contribution in [0.3, 0.4) is 0 Å². The van der Waals surface area contributed by atoms with E-state index in [-0.39, 0.29) is 6.10 Å². The topological polar surface area (TPSA) is 34.6 Å². The number of morpholine rings is 1. The molecule has 122 valence electrons. The maximum atomic E-state index is 5.38. The minimum atomic E-state index is 0.118. The van der Waals surface area contributed by atoms with Gasteiger partial charge in [0, 0.05) is 38.5 Å². The SMILES string of the molecule is COC(C)c1ccc(-c2ccc(CN3CCOCC3)cn2)cc1. The quantitative estimate of drug-likeness (QED) is 0.848. The van der Waals surface area contributed by atoms with Crippen LogP contribution < -0.4 is 0 Å². The van der Waals surface area contributed by atoms with E-state index >= 15 is 0 Å². The van der Waals surface area contributed by atoms with Gasteiger partial charge in [0.05, 0.1) is 25.0 Å². The zero-order chi connectivity index (χ0) is 16.1. The van der Waals surface area contributed by atoms with E-state index in [9.17, 15) is 0 Å². The summed E-state index contributed by atoms with van der Waals surface area (Å²) in [6.07, 6.45) is 2.10. The number of methoxy groups -OCH3 is 1. The van der Waals surface area contributed by atoms with Gasteiger partial charge in [-0.05, 0) is 24.1 Å². The molecule has 4 nitrogen and oxygen atoms in total. The van der Waals surface area contributed by atoms with Crippen molar-refractivity contribution < 1.29 is 9.47 Å². The highest BCUT2D eigenvalue weighted by Gasteiger charge is 2.11. The predicted molar refractivity (Wildman–Crippen MR) is 91.2 cm³/mol. The van der Waals surface area contributed by atoms with Crippen LogP contribution in [0.15, 0.2) is 42.6 Å². The summed E-state index contributed by atoms with van der Waals surface area (Å²) < 4.78 is 10.7. The lowest BCUT2D eigenvalue weighted by atomic mass is 10.1. The van der Waals surface area contributed by atoms with E-state index in [0.29, 0.717) is 0 Å². The number of pyridine rings is 1. The van der Waals surface area contributed by atoms with Crippen LogP contribution in [0.1, 0.15) is 24.2 Å². The molecule has 1 saturated heterocycles. The fourth-order valence-electron chi connectivity index (χ4n) is 2.77. The van der Waals surface area contributed by atoms with Crippen LogP contribution in [0.5, 0.6) is 0 Å². The first-order chi connectivity index (χ1) is 11.3. The van der Waals surface area contributed by atoms with Gasteiger partial charge in [-0.15, -0.1) is 0 Å². The molecule has 1 aromatic carbocycles. The van der Waals surface area contributed by atoms with Crippen LogP contribution in [0.2, 0.25) is 0 Å². The number of hydrogen-bond donors (Lipinski definition) is 0. The Labute approximate surface area is 138 Å². The molecular formula is C19H24N2O2. The first-order valence-corrected chi connectivity index (χ1v) is 8.14. The van der Waals surface area contributed by atoms with E-state index in [2.05, 4.69) is 46.3 Å². The van der Waals surface area contributed by atoms with E-state index in [1.54, 1.807) is 7.11 Å². The van der Waals surface area contributed by atoms with Crippen LogP contribution >= 0.6 is 0 Å². The molecule has 1 unspecified atom stereocenters. The number of rotatable bonds is 5. The third-order valence-electron chi connectivity index (χ3n) is 4.36. The minimum absolute atomic E-state index is 0.118. The van der Waals surface area contributed by atoms with E-state index in [1.807, 2.05) is 13.1 Å². The fourth-order valence-corrected chi connectivity index (χ4v) is 2.77. The lowest BCUT2D eigenvalue weighted by molar-refractivity contribution is 0.0341. The molecule has 2 heterocycles. The van der Waals surface area contributed by atoms with Gasteiger partial charge in [0.2, 0.25) is 0 Å². The molecule has 2 aromatic rings. The van der Waals surface area contributed by atoms with Gasteiger partial charge < -0.3 is 9.47 Å². The number of benzene rings is 1. The number of ether oxygens (including phenoxy) is 2. The highest BCUT2D eigenvalue weighted by Crippen LogP contribution is 2.22. The second-order valence-corrected chi connectivity index (χ2v) is 5.94. The molecule has 0 N–H and O–H groups in total. The Morgan fingerprint density at radius 3 is 2.48 bits per heavy atom. The third kappa shape index (κ3) is 4.16. The zero-order valence-corrected chi connectivity index (χ0v) is 13.9. The largest absolute Gasteiger partial charge is 0.379 e. The molecule has 1 atom stereocenters. The van der Waals surface area contributed by atoms with E-state index in [1.165, 1.54) is 11.1 Å². The molecule has 0 amide bonds. The molecule has 0 saturated carbocycles. The van der Waals surface area contributed by atoms with Crippen LogP contribution in [-0.4, -0.2) is 43.3 Å². The van der Waals surface area contributed by atoms with Gasteiger partial charge in [-0.1, -0.05) is 30.3 Å². The Morgan fingerprint density at radius 2 is 1.87 bits per heavy atom. The summed E-state index contributed by atoms with van der Waals surface area (Å²) in [6.45, 7) is 6.66. The van der Waals surface area contributed by atoms with Crippen molar-refractivity contribution in [1.29, 1.82) is 0 Å². The van der Waals surface area contributed by atoms with Crippen LogP contribution in [0.25, 0.3) is 11.3 Å². The van der Waals surface area contributed by atoms with Crippen molar-refractivity contribution in [2.45, 2.75) is 19.6 Å². The van der Waals surface area contributed by atoms with Crippen molar-refractivity contribution >= 4 is 0 Å². The average Bonchev–Trinajstić information content (AvgIpc) is 2.63. The van der Waals surface area contributed by atoms with Crippen molar-refractivity contribution in [2.75, 3.05) is 33.4 Å². The van der Waals surface area contributed by atoms with Gasteiger partial charge in [0.15, 0.2) is 0 Å². The maximum absolute atomic E-state index is 5.38. The van der Waals surface area contributed by atoms with Crippen LogP contribution in [-0.2, 0) is 16.0 Å². The van der Waals surface area contributed by atoms with Gasteiger partial charge in [-0.2, -0.15) is 0 Å². The van der Waals surface area contributed by atoms with Gasteiger partial charge in [0.1, 0.15) is 0 Å². The number of nitrogens with zero attached hydrogens (tertiary/aromatic N) is 2. The van der Waals surface area contributed by atoms with E-state index in [4.69, 9.17) is 9.47 Å². The Balaban J connectivity index is 1.66. The highest BCUT2D eigenvalue weighted by molar-refractivity contribution is 5.59. The maximum Gasteiger partial charge on any atom is 0.0793 e. The Hall–Kier alpha value is -1.75. The summed E-state index contributed by atoms with van der Waals surface area (Å²) >= 11 is 0. The van der Waals surface area contributed by atoms with Gasteiger partial charge >= 0.3 is 0 Å². The molecule has 3 rings (SSSR count). The zero-order valence-electron chi connectivity index (χ0n) is 13.9.